The predicted molar refractivity (Wildman–Crippen MR) is 70.0 cm³/mol. The smallest absolute Gasteiger partial charge is 0.152 e. The van der Waals surface area contributed by atoms with Gasteiger partial charge in [-0.05, 0) is 56.3 Å². The Morgan fingerprint density at radius 1 is 0.824 bits per heavy atom. The molecule has 0 bridgehead atoms. The van der Waals surface area contributed by atoms with E-state index in [4.69, 9.17) is 5.26 Å². The van der Waals surface area contributed by atoms with Crippen LogP contribution in [0.5, 0.6) is 0 Å². The van der Waals surface area contributed by atoms with Crippen LogP contribution >= 0.6 is 0 Å². The van der Waals surface area contributed by atoms with Crippen LogP contribution in [0.2, 0.25) is 0 Å². The summed E-state index contributed by atoms with van der Waals surface area (Å²) in [5.74, 6) is 9.09. The third kappa shape index (κ3) is 3.50. The monoisotopic (exact) mass is 229 g/mol. The van der Waals surface area contributed by atoms with Gasteiger partial charge in [-0.3, -0.25) is 0 Å². The maximum Gasteiger partial charge on any atom is 0.152 e. The molecule has 0 spiro atoms. The molecule has 0 unspecified atom stereocenters. The van der Waals surface area contributed by atoms with E-state index in [1.165, 1.54) is 51.4 Å². The second-order valence-corrected chi connectivity index (χ2v) is 6.01. The van der Waals surface area contributed by atoms with Crippen molar-refractivity contribution in [3.8, 4) is 17.9 Å². The van der Waals surface area contributed by atoms with E-state index in [0.29, 0.717) is 5.92 Å². The van der Waals surface area contributed by atoms with Crippen LogP contribution in [0.3, 0.4) is 0 Å². The Balaban J connectivity index is 1.77. The average molecular weight is 229 g/mol. The number of hydrogen-bond acceptors (Lipinski definition) is 1. The normalized spacial score (nSPS) is 37.6. The summed E-state index contributed by atoms with van der Waals surface area (Å²) in [7, 11) is 0. The summed E-state index contributed by atoms with van der Waals surface area (Å²) in [5.41, 5.74) is 0. The zero-order valence-electron chi connectivity index (χ0n) is 10.9. The topological polar surface area (TPSA) is 23.8 Å². The van der Waals surface area contributed by atoms with E-state index in [1.807, 2.05) is 6.07 Å². The largest absolute Gasteiger partial charge is 0.183 e. The van der Waals surface area contributed by atoms with E-state index in [0.717, 1.165) is 17.8 Å². The minimum absolute atomic E-state index is 0.508. The van der Waals surface area contributed by atoms with Crippen molar-refractivity contribution in [3.63, 3.8) is 0 Å². The predicted octanol–water partition coefficient (Wildman–Crippen LogP) is 4.15. The summed E-state index contributed by atoms with van der Waals surface area (Å²) in [5, 5.41) is 8.45. The van der Waals surface area contributed by atoms with Gasteiger partial charge >= 0.3 is 0 Å². The Hall–Kier alpha value is -0.950. The summed E-state index contributed by atoms with van der Waals surface area (Å²) in [6, 6.07) is 1.93. The highest BCUT2D eigenvalue weighted by molar-refractivity contribution is 5.18. The summed E-state index contributed by atoms with van der Waals surface area (Å²) in [6.45, 7) is 2.39. The Morgan fingerprint density at radius 3 is 1.88 bits per heavy atom. The molecule has 0 aromatic rings. The first kappa shape index (κ1) is 12.5. The van der Waals surface area contributed by atoms with Gasteiger partial charge in [0.05, 0.1) is 0 Å². The molecule has 2 fully saturated rings. The summed E-state index contributed by atoms with van der Waals surface area (Å²) in [4.78, 5) is 0. The molecule has 0 radical (unpaired) electrons. The molecule has 0 saturated heterocycles. The van der Waals surface area contributed by atoms with Gasteiger partial charge in [-0.1, -0.05) is 25.7 Å². The molecule has 0 N–H and O–H groups in total. The van der Waals surface area contributed by atoms with E-state index < -0.39 is 0 Å². The summed E-state index contributed by atoms with van der Waals surface area (Å²) >= 11 is 0. The van der Waals surface area contributed by atoms with Gasteiger partial charge in [0, 0.05) is 11.8 Å². The Kier molecular flexibility index (Phi) is 4.49. The lowest BCUT2D eigenvalue weighted by molar-refractivity contribution is 0.162. The third-order valence-electron chi connectivity index (χ3n) is 4.83. The van der Waals surface area contributed by atoms with Crippen LogP contribution < -0.4 is 0 Å². The van der Waals surface area contributed by atoms with Gasteiger partial charge in [-0.2, -0.15) is 5.26 Å². The van der Waals surface area contributed by atoms with E-state index in [-0.39, 0.29) is 0 Å². The molecule has 2 saturated carbocycles. The second kappa shape index (κ2) is 6.11. The molecule has 0 atom stereocenters. The number of rotatable bonds is 1. The third-order valence-corrected chi connectivity index (χ3v) is 4.83. The van der Waals surface area contributed by atoms with Crippen LogP contribution in [0.15, 0.2) is 0 Å². The molecule has 0 amide bonds. The maximum atomic E-state index is 8.45. The van der Waals surface area contributed by atoms with Gasteiger partial charge in [0.2, 0.25) is 0 Å². The molecule has 92 valence electrons. The molecule has 1 heteroatoms. The fraction of sp³-hybridized carbons (Fsp3) is 0.812. The highest BCUT2D eigenvalue weighted by Crippen LogP contribution is 2.40. The summed E-state index contributed by atoms with van der Waals surface area (Å²) in [6.07, 6.45) is 11.0. The van der Waals surface area contributed by atoms with Crippen molar-refractivity contribution in [3.05, 3.63) is 0 Å². The Labute approximate surface area is 106 Å². The lowest BCUT2D eigenvalue weighted by Crippen LogP contribution is -2.24. The highest BCUT2D eigenvalue weighted by atomic mass is 14.3. The molecule has 0 heterocycles. The molecule has 1 nitrogen and oxygen atoms in total. The lowest BCUT2D eigenvalue weighted by atomic mass is 9.69. The molecule has 17 heavy (non-hydrogen) atoms. The van der Waals surface area contributed by atoms with Crippen molar-refractivity contribution in [1.82, 2.24) is 0 Å². The first-order valence-corrected chi connectivity index (χ1v) is 7.19. The minimum Gasteiger partial charge on any atom is -0.183 e. The molecular formula is C16H23N. The van der Waals surface area contributed by atoms with Crippen LogP contribution in [0, 0.1) is 46.8 Å². The molecule has 2 aliphatic carbocycles. The van der Waals surface area contributed by atoms with Crippen molar-refractivity contribution in [2.24, 2.45) is 23.7 Å². The van der Waals surface area contributed by atoms with Crippen LogP contribution in [0.4, 0.5) is 0 Å². The second-order valence-electron chi connectivity index (χ2n) is 6.01. The van der Waals surface area contributed by atoms with Crippen molar-refractivity contribution in [2.75, 3.05) is 0 Å². The van der Waals surface area contributed by atoms with Gasteiger partial charge in [-0.15, -0.1) is 0 Å². The van der Waals surface area contributed by atoms with Gasteiger partial charge in [0.25, 0.3) is 0 Å². The van der Waals surface area contributed by atoms with E-state index in [2.05, 4.69) is 18.8 Å². The first-order valence-electron chi connectivity index (χ1n) is 7.19. The number of nitrogens with zero attached hydrogens (tertiary/aromatic N) is 1. The molecule has 0 aromatic carbocycles. The van der Waals surface area contributed by atoms with E-state index in [1.54, 1.807) is 0 Å². The quantitative estimate of drug-likeness (QED) is 0.620. The van der Waals surface area contributed by atoms with Crippen LogP contribution in [-0.2, 0) is 0 Å². The Morgan fingerprint density at radius 2 is 1.35 bits per heavy atom. The van der Waals surface area contributed by atoms with Crippen LogP contribution in [0.1, 0.15) is 58.3 Å². The van der Waals surface area contributed by atoms with Gasteiger partial charge in [0.15, 0.2) is 6.07 Å². The maximum absolute atomic E-state index is 8.45. The standard InChI is InChI=1S/C16H23N/c1-13-4-8-15(9-5-13)16-10-6-14(7-11-16)3-2-12-17/h13-16H,4-11H2,1H3. The summed E-state index contributed by atoms with van der Waals surface area (Å²) < 4.78 is 0. The lowest BCUT2D eigenvalue weighted by Gasteiger charge is -2.36. The van der Waals surface area contributed by atoms with E-state index >= 15 is 0 Å². The molecule has 0 aliphatic heterocycles. The highest BCUT2D eigenvalue weighted by Gasteiger charge is 2.29. The fourth-order valence-corrected chi connectivity index (χ4v) is 3.63. The minimum atomic E-state index is 0.508. The molecule has 0 aromatic heterocycles. The number of nitriles is 1. The van der Waals surface area contributed by atoms with Crippen molar-refractivity contribution in [2.45, 2.75) is 58.3 Å². The average Bonchev–Trinajstić information content (AvgIpc) is 2.38. The zero-order valence-corrected chi connectivity index (χ0v) is 10.9. The van der Waals surface area contributed by atoms with Gasteiger partial charge < -0.3 is 0 Å². The van der Waals surface area contributed by atoms with Gasteiger partial charge in [0.1, 0.15) is 0 Å². The van der Waals surface area contributed by atoms with Crippen molar-refractivity contribution in [1.29, 1.82) is 5.26 Å². The SMILES string of the molecule is CC1CCC(C2CCC(C#CC#N)CC2)CC1. The van der Waals surface area contributed by atoms with Crippen molar-refractivity contribution >= 4 is 0 Å². The molecule has 2 rings (SSSR count). The molecular weight excluding hydrogens is 206 g/mol. The van der Waals surface area contributed by atoms with Crippen LogP contribution in [-0.4, -0.2) is 0 Å². The fourth-order valence-electron chi connectivity index (χ4n) is 3.63. The van der Waals surface area contributed by atoms with Gasteiger partial charge in [-0.25, -0.2) is 0 Å². The Bertz CT molecular complexity index is 325. The first-order chi connectivity index (χ1) is 8.29. The van der Waals surface area contributed by atoms with E-state index in [9.17, 15) is 0 Å². The van der Waals surface area contributed by atoms with Crippen molar-refractivity contribution < 1.29 is 0 Å². The molecule has 2 aliphatic rings. The zero-order chi connectivity index (χ0) is 12.1. The van der Waals surface area contributed by atoms with Crippen LogP contribution in [0.25, 0.3) is 0 Å². The number of hydrogen-bond donors (Lipinski definition) is 0.